The van der Waals surface area contributed by atoms with Crippen molar-refractivity contribution in [3.8, 4) is 0 Å². The van der Waals surface area contributed by atoms with Crippen LogP contribution >= 0.6 is 0 Å². The number of nitrogens with one attached hydrogen (secondary N) is 3. The van der Waals surface area contributed by atoms with Crippen LogP contribution in [0.25, 0.3) is 0 Å². The Kier molecular flexibility index (Phi) is 9.95. The molecule has 2 aliphatic carbocycles. The summed E-state index contributed by atoms with van der Waals surface area (Å²) < 4.78 is 5.59. The molecule has 0 aliphatic heterocycles. The number of carbonyl (C=O) groups is 1. The van der Waals surface area contributed by atoms with Gasteiger partial charge in [0.05, 0.1) is 0 Å². The number of hydrogen-bond acceptors (Lipinski definition) is 3. The standard InChI is InChI=1S/C21H40N4O2/c1-3-27-15-12-21(10-6-7-11-21)17-25-20(22-2)24-14-13-23-19(26)16-18-8-4-5-9-18/h18H,3-17H2,1-2H3,(H,23,26)(H2,22,24,25). The zero-order chi connectivity index (χ0) is 19.4. The molecule has 0 saturated heterocycles. The first-order valence-corrected chi connectivity index (χ1v) is 11.0. The van der Waals surface area contributed by atoms with Crippen LogP contribution in [0.3, 0.4) is 0 Å². The lowest BCUT2D eigenvalue weighted by Gasteiger charge is -2.30. The molecule has 156 valence electrons. The van der Waals surface area contributed by atoms with E-state index in [1.165, 1.54) is 51.4 Å². The molecule has 3 N–H and O–H groups in total. The van der Waals surface area contributed by atoms with Crippen molar-refractivity contribution in [3.63, 3.8) is 0 Å². The van der Waals surface area contributed by atoms with Crippen molar-refractivity contribution in [2.75, 3.05) is 39.9 Å². The molecule has 0 heterocycles. The Morgan fingerprint density at radius 2 is 1.78 bits per heavy atom. The summed E-state index contributed by atoms with van der Waals surface area (Å²) in [7, 11) is 1.80. The van der Waals surface area contributed by atoms with E-state index in [0.717, 1.165) is 32.1 Å². The summed E-state index contributed by atoms with van der Waals surface area (Å²) in [6.07, 6.45) is 12.0. The highest BCUT2D eigenvalue weighted by molar-refractivity contribution is 5.80. The van der Waals surface area contributed by atoms with Crippen LogP contribution in [0.2, 0.25) is 0 Å². The third kappa shape index (κ3) is 8.08. The summed E-state index contributed by atoms with van der Waals surface area (Å²) in [5.74, 6) is 1.61. The van der Waals surface area contributed by atoms with Crippen LogP contribution in [0.15, 0.2) is 4.99 Å². The Balaban J connectivity index is 1.62. The predicted molar refractivity (Wildman–Crippen MR) is 111 cm³/mol. The van der Waals surface area contributed by atoms with E-state index in [0.29, 0.717) is 30.8 Å². The van der Waals surface area contributed by atoms with Gasteiger partial charge < -0.3 is 20.7 Å². The largest absolute Gasteiger partial charge is 0.382 e. The molecule has 0 spiro atoms. The highest BCUT2D eigenvalue weighted by atomic mass is 16.5. The first-order valence-electron chi connectivity index (χ1n) is 11.0. The maximum absolute atomic E-state index is 12.0. The summed E-state index contributed by atoms with van der Waals surface area (Å²) in [5, 5.41) is 9.84. The number of hydrogen-bond donors (Lipinski definition) is 3. The Bertz CT molecular complexity index is 455. The molecule has 0 unspecified atom stereocenters. The average molecular weight is 381 g/mol. The molecule has 2 fully saturated rings. The van der Waals surface area contributed by atoms with Crippen molar-refractivity contribution in [3.05, 3.63) is 0 Å². The lowest BCUT2D eigenvalue weighted by molar-refractivity contribution is -0.121. The zero-order valence-corrected chi connectivity index (χ0v) is 17.4. The van der Waals surface area contributed by atoms with Crippen molar-refractivity contribution in [2.45, 2.75) is 71.1 Å². The molecule has 0 bridgehead atoms. The lowest BCUT2D eigenvalue weighted by atomic mass is 9.83. The van der Waals surface area contributed by atoms with Gasteiger partial charge in [0.25, 0.3) is 0 Å². The number of ether oxygens (including phenoxy) is 1. The van der Waals surface area contributed by atoms with E-state index in [4.69, 9.17) is 4.74 Å². The molecule has 2 aliphatic rings. The molecular weight excluding hydrogens is 340 g/mol. The topological polar surface area (TPSA) is 74.8 Å². The Labute approximate surface area is 165 Å². The maximum Gasteiger partial charge on any atom is 0.220 e. The molecule has 0 radical (unpaired) electrons. The second-order valence-electron chi connectivity index (χ2n) is 8.21. The van der Waals surface area contributed by atoms with E-state index in [1.54, 1.807) is 7.05 Å². The number of guanidine groups is 1. The molecule has 6 nitrogen and oxygen atoms in total. The van der Waals surface area contributed by atoms with Gasteiger partial charge in [-0.2, -0.15) is 0 Å². The van der Waals surface area contributed by atoms with Gasteiger partial charge in [0.1, 0.15) is 0 Å². The fourth-order valence-corrected chi connectivity index (χ4v) is 4.50. The van der Waals surface area contributed by atoms with E-state index < -0.39 is 0 Å². The van der Waals surface area contributed by atoms with Crippen LogP contribution in [0.5, 0.6) is 0 Å². The molecular formula is C21H40N4O2. The fourth-order valence-electron chi connectivity index (χ4n) is 4.50. The summed E-state index contributed by atoms with van der Waals surface area (Å²) in [6.45, 7) is 5.96. The fraction of sp³-hybridized carbons (Fsp3) is 0.905. The molecule has 0 aromatic rings. The summed E-state index contributed by atoms with van der Waals surface area (Å²) >= 11 is 0. The van der Waals surface area contributed by atoms with Crippen molar-refractivity contribution in [1.29, 1.82) is 0 Å². The molecule has 0 aromatic carbocycles. The second kappa shape index (κ2) is 12.2. The summed E-state index contributed by atoms with van der Waals surface area (Å²) in [4.78, 5) is 16.3. The maximum atomic E-state index is 12.0. The Hall–Kier alpha value is -1.30. The van der Waals surface area contributed by atoms with Gasteiger partial charge in [0.15, 0.2) is 5.96 Å². The van der Waals surface area contributed by atoms with E-state index in [1.807, 2.05) is 0 Å². The predicted octanol–water partition coefficient (Wildman–Crippen LogP) is 2.83. The number of amides is 1. The summed E-state index contributed by atoms with van der Waals surface area (Å²) in [6, 6.07) is 0. The SMILES string of the molecule is CCOCCC1(CNC(=NC)NCCNC(=O)CC2CCCC2)CCCC1. The van der Waals surface area contributed by atoms with Gasteiger partial charge in [-0.25, -0.2) is 0 Å². The normalized spacial score (nSPS) is 20.0. The number of rotatable bonds is 11. The highest BCUT2D eigenvalue weighted by Crippen LogP contribution is 2.40. The van der Waals surface area contributed by atoms with Gasteiger partial charge in [-0.1, -0.05) is 25.7 Å². The first kappa shape index (κ1) is 22.0. The highest BCUT2D eigenvalue weighted by Gasteiger charge is 2.33. The lowest BCUT2D eigenvalue weighted by Crippen LogP contribution is -2.45. The van der Waals surface area contributed by atoms with Crippen LogP contribution in [0, 0.1) is 11.3 Å². The van der Waals surface area contributed by atoms with Crippen LogP contribution in [0.1, 0.15) is 71.1 Å². The third-order valence-electron chi connectivity index (χ3n) is 6.19. The Morgan fingerprint density at radius 1 is 1.07 bits per heavy atom. The van der Waals surface area contributed by atoms with Gasteiger partial charge in [0, 0.05) is 46.3 Å². The van der Waals surface area contributed by atoms with E-state index in [9.17, 15) is 4.79 Å². The minimum absolute atomic E-state index is 0.187. The van der Waals surface area contributed by atoms with E-state index >= 15 is 0 Å². The van der Waals surface area contributed by atoms with Gasteiger partial charge >= 0.3 is 0 Å². The number of carbonyl (C=O) groups excluding carboxylic acids is 1. The molecule has 6 heteroatoms. The van der Waals surface area contributed by atoms with E-state index in [2.05, 4.69) is 27.9 Å². The molecule has 0 aromatic heterocycles. The molecule has 1 amide bonds. The first-order chi connectivity index (χ1) is 13.2. The average Bonchev–Trinajstić information content (AvgIpc) is 3.34. The summed E-state index contributed by atoms with van der Waals surface area (Å²) in [5.41, 5.74) is 0.336. The molecule has 0 atom stereocenters. The van der Waals surface area contributed by atoms with Crippen molar-refractivity contribution in [2.24, 2.45) is 16.3 Å². The van der Waals surface area contributed by atoms with Gasteiger partial charge in [-0.3, -0.25) is 9.79 Å². The van der Waals surface area contributed by atoms with Crippen LogP contribution in [-0.2, 0) is 9.53 Å². The quantitative estimate of drug-likeness (QED) is 0.293. The van der Waals surface area contributed by atoms with Gasteiger partial charge in [0.2, 0.25) is 5.91 Å². The zero-order valence-electron chi connectivity index (χ0n) is 17.4. The molecule has 27 heavy (non-hydrogen) atoms. The number of nitrogens with zero attached hydrogens (tertiary/aromatic N) is 1. The van der Waals surface area contributed by atoms with Crippen LogP contribution < -0.4 is 16.0 Å². The minimum atomic E-state index is 0.187. The third-order valence-corrected chi connectivity index (χ3v) is 6.19. The number of aliphatic imine (C=N–C) groups is 1. The molecule has 2 rings (SSSR count). The van der Waals surface area contributed by atoms with Crippen molar-refractivity contribution < 1.29 is 9.53 Å². The minimum Gasteiger partial charge on any atom is -0.382 e. The monoisotopic (exact) mass is 380 g/mol. The van der Waals surface area contributed by atoms with Crippen molar-refractivity contribution >= 4 is 11.9 Å². The Morgan fingerprint density at radius 3 is 2.44 bits per heavy atom. The molecule has 2 saturated carbocycles. The van der Waals surface area contributed by atoms with Crippen molar-refractivity contribution in [1.82, 2.24) is 16.0 Å². The smallest absolute Gasteiger partial charge is 0.220 e. The second-order valence-corrected chi connectivity index (χ2v) is 8.21. The van der Waals surface area contributed by atoms with E-state index in [-0.39, 0.29) is 5.91 Å². The van der Waals surface area contributed by atoms with Gasteiger partial charge in [-0.15, -0.1) is 0 Å². The van der Waals surface area contributed by atoms with Gasteiger partial charge in [-0.05, 0) is 50.4 Å². The van der Waals surface area contributed by atoms with Crippen LogP contribution in [0.4, 0.5) is 0 Å². The van der Waals surface area contributed by atoms with Crippen LogP contribution in [-0.4, -0.2) is 51.8 Å².